The molecule has 0 saturated heterocycles. The second-order valence-corrected chi connectivity index (χ2v) is 5.68. The summed E-state index contributed by atoms with van der Waals surface area (Å²) >= 11 is 0. The van der Waals surface area contributed by atoms with E-state index in [2.05, 4.69) is 15.5 Å². The number of ether oxygens (including phenoxy) is 2. The quantitative estimate of drug-likeness (QED) is 0.599. The van der Waals surface area contributed by atoms with E-state index < -0.39 is 5.91 Å². The number of carbonyl (C=O) groups is 1. The zero-order valence-electron chi connectivity index (χ0n) is 14.6. The minimum atomic E-state index is -0.402. The van der Waals surface area contributed by atoms with Crippen molar-refractivity contribution in [3.8, 4) is 5.75 Å². The molecule has 3 aromatic rings. The average molecular weight is 365 g/mol. The number of hydrogen-bond donors (Lipinski definition) is 2. The smallest absolute Gasteiger partial charge is 0.276 e. The van der Waals surface area contributed by atoms with E-state index in [0.717, 1.165) is 11.3 Å². The number of nitrogens with zero attached hydrogens (tertiary/aromatic N) is 1. The van der Waals surface area contributed by atoms with Gasteiger partial charge in [0, 0.05) is 11.8 Å². The van der Waals surface area contributed by atoms with Crippen molar-refractivity contribution in [3.63, 3.8) is 0 Å². The molecule has 0 radical (unpaired) electrons. The van der Waals surface area contributed by atoms with Crippen molar-refractivity contribution in [2.45, 2.75) is 6.61 Å². The molecule has 0 unspecified atom stereocenters. The summed E-state index contributed by atoms with van der Waals surface area (Å²) in [7, 11) is 0. The molecule has 3 rings (SSSR count). The minimum absolute atomic E-state index is 0.134. The molecule has 0 aliphatic carbocycles. The minimum Gasteiger partial charge on any atom is -0.491 e. The van der Waals surface area contributed by atoms with Crippen molar-refractivity contribution in [1.29, 1.82) is 0 Å². The highest BCUT2D eigenvalue weighted by Gasteiger charge is 2.08. The van der Waals surface area contributed by atoms with Gasteiger partial charge >= 0.3 is 0 Å². The second-order valence-electron chi connectivity index (χ2n) is 5.68. The van der Waals surface area contributed by atoms with Crippen LogP contribution in [-0.4, -0.2) is 29.3 Å². The largest absolute Gasteiger partial charge is 0.491 e. The van der Waals surface area contributed by atoms with Crippen molar-refractivity contribution in [1.82, 2.24) is 10.2 Å². The van der Waals surface area contributed by atoms with Gasteiger partial charge in [-0.25, -0.2) is 5.10 Å². The fourth-order valence-corrected chi connectivity index (χ4v) is 2.33. The maximum absolute atomic E-state index is 12.1. The maximum Gasteiger partial charge on any atom is 0.276 e. The van der Waals surface area contributed by atoms with E-state index in [0.29, 0.717) is 25.5 Å². The summed E-state index contributed by atoms with van der Waals surface area (Å²) in [6.07, 6.45) is 0. The number of para-hydroxylation sites is 1. The Morgan fingerprint density at radius 1 is 1.00 bits per heavy atom. The Kier molecular flexibility index (Phi) is 6.32. The summed E-state index contributed by atoms with van der Waals surface area (Å²) < 4.78 is 11.2. The topological polar surface area (TPSA) is 93.3 Å². The van der Waals surface area contributed by atoms with E-state index in [1.54, 1.807) is 6.07 Å². The average Bonchev–Trinajstić information content (AvgIpc) is 2.69. The summed E-state index contributed by atoms with van der Waals surface area (Å²) in [5, 5.41) is 8.67. The number of benzene rings is 2. The van der Waals surface area contributed by atoms with Crippen molar-refractivity contribution in [3.05, 3.63) is 88.3 Å². The molecule has 0 fully saturated rings. The third-order valence-electron chi connectivity index (χ3n) is 3.60. The molecular weight excluding hydrogens is 346 g/mol. The molecule has 1 heterocycles. The van der Waals surface area contributed by atoms with Crippen LogP contribution in [0.3, 0.4) is 0 Å². The highest BCUT2D eigenvalue weighted by molar-refractivity contribution is 6.02. The van der Waals surface area contributed by atoms with E-state index in [9.17, 15) is 9.59 Å². The summed E-state index contributed by atoms with van der Waals surface area (Å²) in [5.41, 5.74) is 1.31. The number of aromatic amines is 1. The zero-order chi connectivity index (χ0) is 18.9. The Bertz CT molecular complexity index is 921. The fraction of sp³-hybridized carbons (Fsp3) is 0.150. The van der Waals surface area contributed by atoms with E-state index in [4.69, 9.17) is 9.47 Å². The SMILES string of the molecule is O=C(Nc1cccc(COCCOc2ccccc2)c1)c1ccc(=O)[nH]n1. The molecule has 0 bridgehead atoms. The first kappa shape index (κ1) is 18.3. The number of anilines is 1. The molecule has 0 saturated carbocycles. The first-order chi connectivity index (χ1) is 13.2. The lowest BCUT2D eigenvalue weighted by molar-refractivity contribution is 0.0889. The van der Waals surface area contributed by atoms with Crippen molar-refractivity contribution in [2.24, 2.45) is 0 Å². The Labute approximate surface area is 156 Å². The van der Waals surface area contributed by atoms with Gasteiger partial charge in [-0.2, -0.15) is 5.10 Å². The monoisotopic (exact) mass is 365 g/mol. The molecule has 0 atom stereocenters. The normalized spacial score (nSPS) is 10.4. The van der Waals surface area contributed by atoms with E-state index in [-0.39, 0.29) is 11.3 Å². The number of amides is 1. The second kappa shape index (κ2) is 9.30. The number of hydrogen-bond acceptors (Lipinski definition) is 5. The molecule has 2 aromatic carbocycles. The number of rotatable bonds is 8. The van der Waals surface area contributed by atoms with Crippen LogP contribution >= 0.6 is 0 Å². The summed E-state index contributed by atoms with van der Waals surface area (Å²) in [6.45, 7) is 1.31. The summed E-state index contributed by atoms with van der Waals surface area (Å²) in [6, 6.07) is 19.5. The molecule has 2 N–H and O–H groups in total. The number of aromatic nitrogens is 2. The number of H-pyrrole nitrogens is 1. The lowest BCUT2D eigenvalue weighted by Crippen LogP contribution is -2.17. The molecule has 7 nitrogen and oxygen atoms in total. The van der Waals surface area contributed by atoms with Gasteiger partial charge in [-0.3, -0.25) is 9.59 Å². The van der Waals surface area contributed by atoms with Crippen LogP contribution in [0.2, 0.25) is 0 Å². The first-order valence-electron chi connectivity index (χ1n) is 8.42. The van der Waals surface area contributed by atoms with Gasteiger partial charge in [0.2, 0.25) is 0 Å². The van der Waals surface area contributed by atoms with Crippen LogP contribution in [-0.2, 0) is 11.3 Å². The molecule has 138 valence electrons. The molecule has 0 aliphatic heterocycles. The third kappa shape index (κ3) is 5.79. The van der Waals surface area contributed by atoms with Crippen LogP contribution in [0.1, 0.15) is 16.1 Å². The molecule has 0 spiro atoms. The molecule has 1 amide bonds. The maximum atomic E-state index is 12.1. The highest BCUT2D eigenvalue weighted by Crippen LogP contribution is 2.13. The van der Waals surface area contributed by atoms with Crippen LogP contribution in [0.4, 0.5) is 5.69 Å². The number of nitrogens with one attached hydrogen (secondary N) is 2. The van der Waals surface area contributed by atoms with Gasteiger partial charge in [0.15, 0.2) is 0 Å². The van der Waals surface area contributed by atoms with Gasteiger partial charge in [0.1, 0.15) is 18.1 Å². The molecular formula is C20H19N3O4. The van der Waals surface area contributed by atoms with Crippen LogP contribution in [0.15, 0.2) is 71.5 Å². The summed E-state index contributed by atoms with van der Waals surface area (Å²) in [5.74, 6) is 0.405. The summed E-state index contributed by atoms with van der Waals surface area (Å²) in [4.78, 5) is 23.1. The van der Waals surface area contributed by atoms with Gasteiger partial charge in [0.05, 0.1) is 13.2 Å². The lowest BCUT2D eigenvalue weighted by atomic mass is 10.2. The van der Waals surface area contributed by atoms with Gasteiger partial charge in [-0.1, -0.05) is 30.3 Å². The number of carbonyl (C=O) groups excluding carboxylic acids is 1. The molecule has 0 aliphatic rings. The molecule has 7 heteroatoms. The lowest BCUT2D eigenvalue weighted by Gasteiger charge is -2.09. The predicted octanol–water partition coefficient (Wildman–Crippen LogP) is 2.62. The molecule has 1 aromatic heterocycles. The Morgan fingerprint density at radius 2 is 1.85 bits per heavy atom. The first-order valence-corrected chi connectivity index (χ1v) is 8.42. The molecule has 27 heavy (non-hydrogen) atoms. The standard InChI is InChI=1S/C20H19N3O4/c24-19-10-9-18(22-23-19)20(25)21-16-6-4-5-15(13-16)14-26-11-12-27-17-7-2-1-3-8-17/h1-10,13H,11-12,14H2,(H,21,25)(H,23,24). The van der Waals surface area contributed by atoms with Crippen LogP contribution in [0.25, 0.3) is 0 Å². The third-order valence-corrected chi connectivity index (χ3v) is 3.60. The van der Waals surface area contributed by atoms with Gasteiger partial charge in [-0.05, 0) is 35.9 Å². The highest BCUT2D eigenvalue weighted by atomic mass is 16.5. The van der Waals surface area contributed by atoms with Gasteiger partial charge in [0.25, 0.3) is 11.5 Å². The predicted molar refractivity (Wildman–Crippen MR) is 101 cm³/mol. The van der Waals surface area contributed by atoms with E-state index in [1.807, 2.05) is 48.5 Å². The van der Waals surface area contributed by atoms with Crippen LogP contribution < -0.4 is 15.6 Å². The van der Waals surface area contributed by atoms with E-state index >= 15 is 0 Å². The Balaban J connectivity index is 1.46. The van der Waals surface area contributed by atoms with Crippen LogP contribution in [0, 0.1) is 0 Å². The van der Waals surface area contributed by atoms with Crippen molar-refractivity contribution < 1.29 is 14.3 Å². The van der Waals surface area contributed by atoms with Gasteiger partial charge in [-0.15, -0.1) is 0 Å². The Hall–Kier alpha value is -3.45. The Morgan fingerprint density at radius 3 is 2.63 bits per heavy atom. The van der Waals surface area contributed by atoms with E-state index in [1.165, 1.54) is 12.1 Å². The van der Waals surface area contributed by atoms with Crippen LogP contribution in [0.5, 0.6) is 5.75 Å². The zero-order valence-corrected chi connectivity index (χ0v) is 14.6. The van der Waals surface area contributed by atoms with Crippen molar-refractivity contribution >= 4 is 11.6 Å². The fourth-order valence-electron chi connectivity index (χ4n) is 2.33. The van der Waals surface area contributed by atoms with Crippen molar-refractivity contribution in [2.75, 3.05) is 18.5 Å². The van der Waals surface area contributed by atoms with Gasteiger partial charge < -0.3 is 14.8 Å².